The molecule has 0 aliphatic rings. The lowest BCUT2D eigenvalue weighted by molar-refractivity contribution is 0.0973. The number of ketones is 1. The Bertz CT molecular complexity index is 499. The highest BCUT2D eigenvalue weighted by molar-refractivity contribution is 7.91. The van der Waals surface area contributed by atoms with Crippen molar-refractivity contribution in [3.8, 4) is 0 Å². The van der Waals surface area contributed by atoms with E-state index >= 15 is 0 Å². The maximum atomic E-state index is 13.2. The molecular formula is C11H14FNO3S. The zero-order chi connectivity index (χ0) is 12.9. The van der Waals surface area contributed by atoms with Gasteiger partial charge in [0.1, 0.15) is 15.5 Å². The van der Waals surface area contributed by atoms with Crippen LogP contribution in [0.25, 0.3) is 0 Å². The first-order valence-electron chi connectivity index (χ1n) is 5.30. The number of carbonyl (C=O) groups excluding carboxylic acids is 1. The molecule has 6 heteroatoms. The Labute approximate surface area is 99.8 Å². The minimum absolute atomic E-state index is 0.00678. The summed E-state index contributed by atoms with van der Waals surface area (Å²) in [7, 11) is -3.07. The van der Waals surface area contributed by atoms with E-state index in [0.717, 1.165) is 6.07 Å². The summed E-state index contributed by atoms with van der Waals surface area (Å²) < 4.78 is 35.5. The molecule has 1 aromatic rings. The fourth-order valence-electron chi connectivity index (χ4n) is 1.31. The summed E-state index contributed by atoms with van der Waals surface area (Å²) in [6.07, 6.45) is 1.53. The van der Waals surface area contributed by atoms with Crippen LogP contribution >= 0.6 is 0 Å². The van der Waals surface area contributed by atoms with Crippen molar-refractivity contribution in [2.75, 3.05) is 11.5 Å². The molecule has 0 spiro atoms. The van der Waals surface area contributed by atoms with Gasteiger partial charge in [-0.1, -0.05) is 6.92 Å². The van der Waals surface area contributed by atoms with Crippen LogP contribution in [0.2, 0.25) is 0 Å². The van der Waals surface area contributed by atoms with Gasteiger partial charge in [-0.2, -0.15) is 0 Å². The third kappa shape index (κ3) is 4.22. The number of sulfone groups is 1. The predicted octanol–water partition coefficient (Wildman–Crippen LogP) is 1.62. The molecule has 0 saturated heterocycles. The molecule has 1 aromatic heterocycles. The maximum Gasteiger partial charge on any atom is 0.184 e. The highest BCUT2D eigenvalue weighted by atomic mass is 32.2. The summed E-state index contributed by atoms with van der Waals surface area (Å²) in [6.45, 7) is 1.55. The van der Waals surface area contributed by atoms with E-state index in [2.05, 4.69) is 4.98 Å². The monoisotopic (exact) mass is 259 g/mol. The second kappa shape index (κ2) is 5.86. The Morgan fingerprint density at radius 1 is 1.47 bits per heavy atom. The summed E-state index contributed by atoms with van der Waals surface area (Å²) in [5.74, 6) is -1.13. The quantitative estimate of drug-likeness (QED) is 0.728. The van der Waals surface area contributed by atoms with Crippen molar-refractivity contribution in [3.63, 3.8) is 0 Å². The molecule has 0 N–H and O–H groups in total. The predicted molar refractivity (Wildman–Crippen MR) is 62.1 cm³/mol. The van der Waals surface area contributed by atoms with Crippen LogP contribution in [-0.2, 0) is 9.84 Å². The van der Waals surface area contributed by atoms with Crippen LogP contribution in [0.15, 0.2) is 18.3 Å². The number of carbonyl (C=O) groups is 1. The molecule has 1 rings (SSSR count). The molecule has 0 fully saturated rings. The van der Waals surface area contributed by atoms with E-state index in [1.54, 1.807) is 6.92 Å². The van der Waals surface area contributed by atoms with Gasteiger partial charge < -0.3 is 0 Å². The number of hydrogen-bond acceptors (Lipinski definition) is 4. The number of aromatic nitrogens is 1. The fourth-order valence-corrected chi connectivity index (χ4v) is 2.18. The lowest BCUT2D eigenvalue weighted by atomic mass is 10.1. The average Bonchev–Trinajstić information content (AvgIpc) is 2.29. The molecular weight excluding hydrogens is 245 g/mol. The van der Waals surface area contributed by atoms with Crippen LogP contribution in [0.5, 0.6) is 0 Å². The second-order valence-electron chi connectivity index (χ2n) is 3.60. The Kier molecular flexibility index (Phi) is 4.74. The van der Waals surface area contributed by atoms with Crippen molar-refractivity contribution in [2.24, 2.45) is 0 Å². The van der Waals surface area contributed by atoms with Gasteiger partial charge in [0, 0.05) is 18.4 Å². The molecule has 0 radical (unpaired) electrons. The summed E-state index contributed by atoms with van der Waals surface area (Å²) in [5, 5.41) is 0. The molecule has 4 nitrogen and oxygen atoms in total. The van der Waals surface area contributed by atoms with Crippen LogP contribution in [0.4, 0.5) is 4.39 Å². The summed E-state index contributed by atoms with van der Waals surface area (Å²) in [6, 6.07) is 2.55. The number of halogens is 1. The van der Waals surface area contributed by atoms with Crippen LogP contribution in [0.1, 0.15) is 30.3 Å². The standard InChI is InChI=1S/C11H14FNO3S/c1-2-17(15,16)8-4-6-10(14)11-9(12)5-3-7-13-11/h3,5,7H,2,4,6,8H2,1H3. The highest BCUT2D eigenvalue weighted by Gasteiger charge is 2.14. The van der Waals surface area contributed by atoms with Crippen LogP contribution in [0, 0.1) is 5.82 Å². The molecule has 0 unspecified atom stereocenters. The minimum atomic E-state index is -3.07. The third-order valence-corrected chi connectivity index (χ3v) is 4.11. The maximum absolute atomic E-state index is 13.2. The van der Waals surface area contributed by atoms with Crippen molar-refractivity contribution in [2.45, 2.75) is 19.8 Å². The van der Waals surface area contributed by atoms with Crippen LogP contribution in [-0.4, -0.2) is 30.7 Å². The molecule has 0 saturated carbocycles. The van der Waals surface area contributed by atoms with Gasteiger partial charge in [0.05, 0.1) is 5.75 Å². The van der Waals surface area contributed by atoms with Gasteiger partial charge in [0.2, 0.25) is 0 Å². The first kappa shape index (κ1) is 13.8. The number of rotatable bonds is 6. The molecule has 0 aliphatic heterocycles. The number of Topliss-reactive ketones (excluding diaryl/α,β-unsaturated/α-hetero) is 1. The van der Waals surface area contributed by atoms with E-state index in [-0.39, 0.29) is 30.0 Å². The van der Waals surface area contributed by atoms with Gasteiger partial charge in [-0.25, -0.2) is 12.8 Å². The lowest BCUT2D eigenvalue weighted by Crippen LogP contribution is -2.11. The molecule has 0 aromatic carbocycles. The Balaban J connectivity index is 2.55. The van der Waals surface area contributed by atoms with Gasteiger partial charge in [-0.05, 0) is 18.6 Å². The normalized spacial score (nSPS) is 11.4. The zero-order valence-corrected chi connectivity index (χ0v) is 10.3. The van der Waals surface area contributed by atoms with Gasteiger partial charge >= 0.3 is 0 Å². The van der Waals surface area contributed by atoms with Gasteiger partial charge in [0.15, 0.2) is 11.6 Å². The van der Waals surface area contributed by atoms with Crippen molar-refractivity contribution < 1.29 is 17.6 Å². The topological polar surface area (TPSA) is 64.1 Å². The number of pyridine rings is 1. The van der Waals surface area contributed by atoms with E-state index in [0.29, 0.717) is 0 Å². The van der Waals surface area contributed by atoms with E-state index in [1.165, 1.54) is 12.3 Å². The molecule has 0 bridgehead atoms. The van der Waals surface area contributed by atoms with Gasteiger partial charge in [-0.15, -0.1) is 0 Å². The molecule has 17 heavy (non-hydrogen) atoms. The smallest absolute Gasteiger partial charge is 0.184 e. The van der Waals surface area contributed by atoms with Crippen molar-refractivity contribution >= 4 is 15.6 Å². The van der Waals surface area contributed by atoms with Crippen LogP contribution in [0.3, 0.4) is 0 Å². The molecule has 0 atom stereocenters. The molecule has 0 aliphatic carbocycles. The first-order chi connectivity index (χ1) is 7.96. The van der Waals surface area contributed by atoms with Crippen LogP contribution < -0.4 is 0 Å². The molecule has 0 amide bonds. The summed E-state index contributed by atoms with van der Waals surface area (Å²) in [4.78, 5) is 15.2. The van der Waals surface area contributed by atoms with E-state index in [9.17, 15) is 17.6 Å². The van der Waals surface area contributed by atoms with E-state index < -0.39 is 21.4 Å². The minimum Gasteiger partial charge on any atom is -0.292 e. The van der Waals surface area contributed by atoms with Crippen molar-refractivity contribution in [3.05, 3.63) is 29.8 Å². The molecule has 94 valence electrons. The molecule has 1 heterocycles. The first-order valence-corrected chi connectivity index (χ1v) is 7.12. The van der Waals surface area contributed by atoms with E-state index in [1.807, 2.05) is 0 Å². The largest absolute Gasteiger partial charge is 0.292 e. The summed E-state index contributed by atoms with van der Waals surface area (Å²) in [5.41, 5.74) is -0.221. The van der Waals surface area contributed by atoms with Crippen molar-refractivity contribution in [1.29, 1.82) is 0 Å². The Morgan fingerprint density at radius 3 is 2.76 bits per heavy atom. The van der Waals surface area contributed by atoms with Gasteiger partial charge in [-0.3, -0.25) is 9.78 Å². The third-order valence-electron chi connectivity index (χ3n) is 2.32. The van der Waals surface area contributed by atoms with E-state index in [4.69, 9.17) is 0 Å². The fraction of sp³-hybridized carbons (Fsp3) is 0.455. The second-order valence-corrected chi connectivity index (χ2v) is 6.07. The average molecular weight is 259 g/mol. The number of nitrogens with zero attached hydrogens (tertiary/aromatic N) is 1. The Morgan fingerprint density at radius 2 is 2.18 bits per heavy atom. The Hall–Kier alpha value is -1.30. The van der Waals surface area contributed by atoms with Crippen molar-refractivity contribution in [1.82, 2.24) is 4.98 Å². The SMILES string of the molecule is CCS(=O)(=O)CCCC(=O)c1ncccc1F. The highest BCUT2D eigenvalue weighted by Crippen LogP contribution is 2.08. The lowest BCUT2D eigenvalue weighted by Gasteiger charge is -2.02. The zero-order valence-electron chi connectivity index (χ0n) is 9.52. The van der Waals surface area contributed by atoms with Gasteiger partial charge in [0.25, 0.3) is 0 Å². The number of hydrogen-bond donors (Lipinski definition) is 0. The summed E-state index contributed by atoms with van der Waals surface area (Å²) >= 11 is 0.